The largest absolute Gasteiger partial charge is 0.454 e. The third-order valence-corrected chi connectivity index (χ3v) is 2.99. The molecule has 0 unspecified atom stereocenters. The molecule has 2 heterocycles. The number of furan rings is 1. The molecule has 0 fully saturated rings. The van der Waals surface area contributed by atoms with Crippen molar-refractivity contribution >= 4 is 22.6 Å². The van der Waals surface area contributed by atoms with E-state index in [1.165, 1.54) is 0 Å². The molecule has 0 radical (unpaired) electrons. The van der Waals surface area contributed by atoms with Gasteiger partial charge in [-0.25, -0.2) is 0 Å². The van der Waals surface area contributed by atoms with Crippen molar-refractivity contribution in [2.24, 2.45) is 0 Å². The summed E-state index contributed by atoms with van der Waals surface area (Å²) in [6, 6.07) is 3.93. The van der Waals surface area contributed by atoms with Gasteiger partial charge in [0, 0.05) is 12.1 Å². The summed E-state index contributed by atoms with van der Waals surface area (Å²) in [6.45, 7) is 5.34. The van der Waals surface area contributed by atoms with E-state index in [4.69, 9.17) is 8.94 Å². The van der Waals surface area contributed by atoms with E-state index in [9.17, 15) is 0 Å². The topological polar surface area (TPSA) is 51.2 Å². The predicted molar refractivity (Wildman–Crippen MR) is 67.9 cm³/mol. The van der Waals surface area contributed by atoms with Gasteiger partial charge in [0.25, 0.3) is 0 Å². The van der Waals surface area contributed by atoms with Crippen LogP contribution >= 0.6 is 22.6 Å². The van der Waals surface area contributed by atoms with Crippen molar-refractivity contribution in [3.63, 3.8) is 0 Å². The first-order chi connectivity index (χ1) is 7.66. The lowest BCUT2D eigenvalue weighted by Gasteiger charge is -2.01. The van der Waals surface area contributed by atoms with E-state index in [1.807, 2.05) is 26.0 Å². The summed E-state index contributed by atoms with van der Waals surface area (Å²) in [6.07, 6.45) is 0. The highest BCUT2D eigenvalue weighted by Gasteiger charge is 2.08. The molecule has 0 spiro atoms. The summed E-state index contributed by atoms with van der Waals surface area (Å²) in [4.78, 5) is 0. The highest BCUT2D eigenvalue weighted by molar-refractivity contribution is 14.1. The maximum Gasteiger partial charge on any atom is 0.164 e. The lowest BCUT2D eigenvalue weighted by atomic mass is 10.2. The van der Waals surface area contributed by atoms with Gasteiger partial charge in [0.15, 0.2) is 3.77 Å². The van der Waals surface area contributed by atoms with E-state index in [0.717, 1.165) is 33.1 Å². The molecule has 2 rings (SSSR count). The maximum absolute atomic E-state index is 5.45. The number of nitrogens with one attached hydrogen (secondary N) is 1. The van der Waals surface area contributed by atoms with Crippen LogP contribution in [0, 0.1) is 17.6 Å². The summed E-state index contributed by atoms with van der Waals surface area (Å²) in [7, 11) is 0. The zero-order valence-electron chi connectivity index (χ0n) is 9.21. The van der Waals surface area contributed by atoms with Gasteiger partial charge in [-0.1, -0.05) is 5.16 Å². The number of halogens is 1. The Balaban J connectivity index is 1.89. The highest BCUT2D eigenvalue weighted by Crippen LogP contribution is 2.13. The lowest BCUT2D eigenvalue weighted by molar-refractivity contribution is 0.391. The molecular weight excluding hydrogens is 319 g/mol. The second kappa shape index (κ2) is 5.01. The third kappa shape index (κ3) is 2.65. The molecule has 0 aliphatic rings. The monoisotopic (exact) mass is 332 g/mol. The molecule has 0 bridgehead atoms. The van der Waals surface area contributed by atoms with Crippen molar-refractivity contribution in [2.45, 2.75) is 26.9 Å². The van der Waals surface area contributed by atoms with Crippen molar-refractivity contribution in [2.75, 3.05) is 0 Å². The van der Waals surface area contributed by atoms with Crippen LogP contribution in [0.2, 0.25) is 0 Å². The Bertz CT molecular complexity index is 457. The summed E-state index contributed by atoms with van der Waals surface area (Å²) in [5.74, 6) is 1.81. The summed E-state index contributed by atoms with van der Waals surface area (Å²) in [5.41, 5.74) is 2.07. The molecule has 0 aliphatic carbocycles. The van der Waals surface area contributed by atoms with E-state index < -0.39 is 0 Å². The molecule has 0 atom stereocenters. The smallest absolute Gasteiger partial charge is 0.164 e. The van der Waals surface area contributed by atoms with E-state index in [1.54, 1.807) is 0 Å². The standard InChI is InChI=1S/C11H13IN2O2/c1-7-10(8(2)16-14-7)6-13-5-9-3-4-11(12)15-9/h3-4,13H,5-6H2,1-2H3. The molecule has 1 N–H and O–H groups in total. The van der Waals surface area contributed by atoms with E-state index in [2.05, 4.69) is 33.1 Å². The quantitative estimate of drug-likeness (QED) is 0.875. The van der Waals surface area contributed by atoms with Gasteiger partial charge >= 0.3 is 0 Å². The van der Waals surface area contributed by atoms with Gasteiger partial charge in [-0.05, 0) is 48.6 Å². The fourth-order valence-corrected chi connectivity index (χ4v) is 1.97. The van der Waals surface area contributed by atoms with Crippen molar-refractivity contribution in [3.8, 4) is 0 Å². The van der Waals surface area contributed by atoms with E-state index >= 15 is 0 Å². The van der Waals surface area contributed by atoms with E-state index in [-0.39, 0.29) is 0 Å². The van der Waals surface area contributed by atoms with E-state index in [0.29, 0.717) is 6.54 Å². The minimum atomic E-state index is 0.715. The zero-order chi connectivity index (χ0) is 11.5. The average Bonchev–Trinajstić information content (AvgIpc) is 2.78. The molecule has 0 amide bonds. The predicted octanol–water partition coefficient (Wildman–Crippen LogP) is 2.78. The van der Waals surface area contributed by atoms with Crippen LogP contribution < -0.4 is 5.32 Å². The molecule has 16 heavy (non-hydrogen) atoms. The fraction of sp³-hybridized carbons (Fsp3) is 0.364. The fourth-order valence-electron chi connectivity index (χ4n) is 1.51. The van der Waals surface area contributed by atoms with Crippen LogP contribution in [-0.2, 0) is 13.1 Å². The minimum absolute atomic E-state index is 0.715. The van der Waals surface area contributed by atoms with Gasteiger partial charge in [0.05, 0.1) is 12.2 Å². The minimum Gasteiger partial charge on any atom is -0.454 e. The molecule has 5 heteroatoms. The van der Waals surface area contributed by atoms with Gasteiger partial charge < -0.3 is 14.3 Å². The molecule has 2 aromatic heterocycles. The maximum atomic E-state index is 5.45. The van der Waals surface area contributed by atoms with Gasteiger partial charge in [-0.15, -0.1) is 0 Å². The van der Waals surface area contributed by atoms with Crippen LogP contribution in [0.3, 0.4) is 0 Å². The van der Waals surface area contributed by atoms with Crippen molar-refractivity contribution in [1.29, 1.82) is 0 Å². The zero-order valence-corrected chi connectivity index (χ0v) is 11.4. The summed E-state index contributed by atoms with van der Waals surface area (Å²) < 4.78 is 11.4. The Morgan fingerprint density at radius 2 is 2.12 bits per heavy atom. The average molecular weight is 332 g/mol. The molecule has 4 nitrogen and oxygen atoms in total. The second-order valence-electron chi connectivity index (χ2n) is 3.61. The van der Waals surface area contributed by atoms with Gasteiger partial charge in [-0.3, -0.25) is 0 Å². The summed E-state index contributed by atoms with van der Waals surface area (Å²) >= 11 is 2.15. The normalized spacial score (nSPS) is 10.9. The van der Waals surface area contributed by atoms with Crippen LogP contribution in [0.5, 0.6) is 0 Å². The Morgan fingerprint density at radius 1 is 1.31 bits per heavy atom. The molecule has 0 aliphatic heterocycles. The Labute approximate surface area is 108 Å². The van der Waals surface area contributed by atoms with Crippen LogP contribution in [-0.4, -0.2) is 5.16 Å². The Hall–Kier alpha value is -0.820. The van der Waals surface area contributed by atoms with Crippen LogP contribution in [0.1, 0.15) is 22.8 Å². The number of hydrogen-bond acceptors (Lipinski definition) is 4. The molecular formula is C11H13IN2O2. The van der Waals surface area contributed by atoms with Crippen LogP contribution in [0.15, 0.2) is 21.1 Å². The first kappa shape index (κ1) is 11.7. The Morgan fingerprint density at radius 3 is 2.69 bits per heavy atom. The van der Waals surface area contributed by atoms with Gasteiger partial charge in [-0.2, -0.15) is 0 Å². The van der Waals surface area contributed by atoms with Crippen molar-refractivity contribution in [1.82, 2.24) is 10.5 Å². The molecule has 0 aromatic carbocycles. The molecule has 0 saturated carbocycles. The van der Waals surface area contributed by atoms with Gasteiger partial charge in [0.1, 0.15) is 11.5 Å². The van der Waals surface area contributed by atoms with Gasteiger partial charge in [0.2, 0.25) is 0 Å². The first-order valence-electron chi connectivity index (χ1n) is 5.03. The summed E-state index contributed by atoms with van der Waals surface area (Å²) in [5, 5.41) is 7.21. The molecule has 0 saturated heterocycles. The van der Waals surface area contributed by atoms with Crippen LogP contribution in [0.25, 0.3) is 0 Å². The van der Waals surface area contributed by atoms with Crippen molar-refractivity contribution < 1.29 is 8.94 Å². The third-order valence-electron chi connectivity index (χ3n) is 2.41. The lowest BCUT2D eigenvalue weighted by Crippen LogP contribution is -2.13. The number of nitrogens with zero attached hydrogens (tertiary/aromatic N) is 1. The molecule has 86 valence electrons. The SMILES string of the molecule is Cc1noc(C)c1CNCc1ccc(I)o1. The van der Waals surface area contributed by atoms with Crippen LogP contribution in [0.4, 0.5) is 0 Å². The van der Waals surface area contributed by atoms with Crippen molar-refractivity contribution in [3.05, 3.63) is 38.7 Å². The second-order valence-corrected chi connectivity index (χ2v) is 4.68. The first-order valence-corrected chi connectivity index (χ1v) is 6.11. The highest BCUT2D eigenvalue weighted by atomic mass is 127. The number of aryl methyl sites for hydroxylation is 2. The number of rotatable bonds is 4. The Kier molecular flexibility index (Phi) is 3.65. The molecule has 2 aromatic rings. The number of aromatic nitrogens is 1. The number of hydrogen-bond donors (Lipinski definition) is 1.